The van der Waals surface area contributed by atoms with Gasteiger partial charge in [0, 0.05) is 12.4 Å². The number of rotatable bonds is 0. The second kappa shape index (κ2) is 2.60. The van der Waals surface area contributed by atoms with Crippen LogP contribution in [0.1, 0.15) is 11.3 Å². The van der Waals surface area contributed by atoms with Crippen LogP contribution in [-0.2, 0) is 7.05 Å². The first-order valence-electron chi connectivity index (χ1n) is 4.06. The zero-order chi connectivity index (χ0) is 9.42. The molecule has 0 bridgehead atoms. The molecule has 3 nitrogen and oxygen atoms in total. The molecular weight excluding hydrogens is 162 g/mol. The fraction of sp³-hybridized carbons (Fsp3) is 0.200. The molecule has 1 heterocycles. The molecule has 64 valence electrons. The van der Waals surface area contributed by atoms with Crippen molar-refractivity contribution in [1.82, 2.24) is 9.78 Å². The summed E-state index contributed by atoms with van der Waals surface area (Å²) in [5.41, 5.74) is 2.62. The molecule has 2 aromatic rings. The largest absolute Gasteiger partial charge is 0.267 e. The van der Waals surface area contributed by atoms with Crippen molar-refractivity contribution in [2.75, 3.05) is 0 Å². The molecule has 0 aliphatic rings. The van der Waals surface area contributed by atoms with Crippen LogP contribution in [0.4, 0.5) is 0 Å². The number of nitriles is 1. The van der Waals surface area contributed by atoms with Crippen molar-refractivity contribution in [3.63, 3.8) is 0 Å². The van der Waals surface area contributed by atoms with Gasteiger partial charge in [-0.15, -0.1) is 0 Å². The monoisotopic (exact) mass is 171 g/mol. The minimum Gasteiger partial charge on any atom is -0.267 e. The Hall–Kier alpha value is -1.82. The van der Waals surface area contributed by atoms with Crippen LogP contribution in [0.25, 0.3) is 10.9 Å². The van der Waals surface area contributed by atoms with Crippen molar-refractivity contribution in [2.24, 2.45) is 7.05 Å². The van der Waals surface area contributed by atoms with Gasteiger partial charge in [-0.1, -0.05) is 12.1 Å². The van der Waals surface area contributed by atoms with E-state index >= 15 is 0 Å². The number of fused-ring (bicyclic) bond motifs is 1. The Labute approximate surface area is 76.2 Å². The first-order chi connectivity index (χ1) is 6.24. The predicted octanol–water partition coefficient (Wildman–Crippen LogP) is 1.75. The number of hydrogen-bond donors (Lipinski definition) is 0. The van der Waals surface area contributed by atoms with Crippen molar-refractivity contribution in [3.05, 3.63) is 29.5 Å². The van der Waals surface area contributed by atoms with E-state index in [0.29, 0.717) is 5.69 Å². The number of hydrogen-bond acceptors (Lipinski definition) is 2. The zero-order valence-corrected chi connectivity index (χ0v) is 7.57. The predicted molar refractivity (Wildman–Crippen MR) is 50.2 cm³/mol. The average Bonchev–Trinajstić information content (AvgIpc) is 2.45. The summed E-state index contributed by atoms with van der Waals surface area (Å²) >= 11 is 0. The van der Waals surface area contributed by atoms with Crippen LogP contribution >= 0.6 is 0 Å². The lowest BCUT2D eigenvalue weighted by Crippen LogP contribution is -1.89. The summed E-state index contributed by atoms with van der Waals surface area (Å²) in [6.07, 6.45) is 0. The number of aryl methyl sites for hydroxylation is 2. The Balaban J connectivity index is 2.99. The maximum Gasteiger partial charge on any atom is 0.170 e. The standard InChI is InChI=1S/C10H9N3/c1-7-4-3-5-9-10(7)8(6-11)12-13(9)2/h3-5H,1-2H3. The topological polar surface area (TPSA) is 41.6 Å². The third-order valence-electron chi connectivity index (χ3n) is 2.19. The van der Waals surface area contributed by atoms with E-state index in [2.05, 4.69) is 11.2 Å². The summed E-state index contributed by atoms with van der Waals surface area (Å²) < 4.78 is 1.74. The molecule has 13 heavy (non-hydrogen) atoms. The Morgan fingerprint density at radius 1 is 1.46 bits per heavy atom. The molecule has 3 heteroatoms. The van der Waals surface area contributed by atoms with Gasteiger partial charge >= 0.3 is 0 Å². The quantitative estimate of drug-likeness (QED) is 0.606. The summed E-state index contributed by atoms with van der Waals surface area (Å²) in [5.74, 6) is 0. The van der Waals surface area contributed by atoms with E-state index in [1.54, 1.807) is 4.68 Å². The van der Waals surface area contributed by atoms with Gasteiger partial charge in [-0.3, -0.25) is 4.68 Å². The van der Waals surface area contributed by atoms with Gasteiger partial charge in [0.25, 0.3) is 0 Å². The first-order valence-corrected chi connectivity index (χ1v) is 4.06. The summed E-state index contributed by atoms with van der Waals surface area (Å²) in [4.78, 5) is 0. The van der Waals surface area contributed by atoms with Crippen LogP contribution < -0.4 is 0 Å². The molecule has 1 aromatic heterocycles. The van der Waals surface area contributed by atoms with Crippen LogP contribution in [0.5, 0.6) is 0 Å². The third kappa shape index (κ3) is 0.994. The van der Waals surface area contributed by atoms with Gasteiger partial charge < -0.3 is 0 Å². The molecule has 0 radical (unpaired) electrons. The molecule has 0 N–H and O–H groups in total. The van der Waals surface area contributed by atoms with Crippen molar-refractivity contribution < 1.29 is 0 Å². The molecule has 0 atom stereocenters. The van der Waals surface area contributed by atoms with Crippen molar-refractivity contribution in [3.8, 4) is 6.07 Å². The Kier molecular flexibility index (Phi) is 1.56. The molecule has 2 rings (SSSR count). The molecule has 0 fully saturated rings. The summed E-state index contributed by atoms with van der Waals surface area (Å²) in [6, 6.07) is 8.03. The highest BCUT2D eigenvalue weighted by Gasteiger charge is 2.08. The summed E-state index contributed by atoms with van der Waals surface area (Å²) in [5, 5.41) is 13.9. The highest BCUT2D eigenvalue weighted by molar-refractivity contribution is 5.87. The van der Waals surface area contributed by atoms with Crippen LogP contribution in [0.2, 0.25) is 0 Å². The van der Waals surface area contributed by atoms with Crippen molar-refractivity contribution in [1.29, 1.82) is 5.26 Å². The van der Waals surface area contributed by atoms with Gasteiger partial charge in [-0.05, 0) is 18.6 Å². The van der Waals surface area contributed by atoms with E-state index in [0.717, 1.165) is 16.5 Å². The van der Waals surface area contributed by atoms with Crippen LogP contribution in [0.15, 0.2) is 18.2 Å². The normalized spacial score (nSPS) is 10.2. The molecule has 0 amide bonds. The van der Waals surface area contributed by atoms with E-state index < -0.39 is 0 Å². The highest BCUT2D eigenvalue weighted by atomic mass is 15.3. The number of nitrogens with zero attached hydrogens (tertiary/aromatic N) is 3. The average molecular weight is 171 g/mol. The first kappa shape index (κ1) is 7.81. The van der Waals surface area contributed by atoms with Crippen LogP contribution in [-0.4, -0.2) is 9.78 Å². The fourth-order valence-corrected chi connectivity index (χ4v) is 1.56. The fourth-order valence-electron chi connectivity index (χ4n) is 1.56. The van der Waals surface area contributed by atoms with Gasteiger partial charge in [0.15, 0.2) is 5.69 Å². The van der Waals surface area contributed by atoms with E-state index in [-0.39, 0.29) is 0 Å². The lowest BCUT2D eigenvalue weighted by atomic mass is 10.1. The van der Waals surface area contributed by atoms with Gasteiger partial charge in [0.2, 0.25) is 0 Å². The third-order valence-corrected chi connectivity index (χ3v) is 2.19. The van der Waals surface area contributed by atoms with Crippen molar-refractivity contribution >= 4 is 10.9 Å². The minimum absolute atomic E-state index is 0.510. The Morgan fingerprint density at radius 2 is 2.23 bits per heavy atom. The molecule has 0 saturated carbocycles. The second-order valence-corrected chi connectivity index (χ2v) is 3.05. The minimum atomic E-state index is 0.510. The smallest absolute Gasteiger partial charge is 0.170 e. The van der Waals surface area contributed by atoms with Gasteiger partial charge in [-0.2, -0.15) is 10.4 Å². The lowest BCUT2D eigenvalue weighted by molar-refractivity contribution is 0.791. The second-order valence-electron chi connectivity index (χ2n) is 3.05. The van der Waals surface area contributed by atoms with E-state index in [9.17, 15) is 0 Å². The maximum atomic E-state index is 8.85. The van der Waals surface area contributed by atoms with E-state index in [4.69, 9.17) is 5.26 Å². The molecule has 1 aromatic carbocycles. The van der Waals surface area contributed by atoms with E-state index in [1.807, 2.05) is 32.2 Å². The summed E-state index contributed by atoms with van der Waals surface area (Å²) in [7, 11) is 1.85. The highest BCUT2D eigenvalue weighted by Crippen LogP contribution is 2.20. The molecular formula is C10H9N3. The molecule has 0 spiro atoms. The lowest BCUT2D eigenvalue weighted by Gasteiger charge is -1.95. The van der Waals surface area contributed by atoms with E-state index in [1.165, 1.54) is 0 Å². The maximum absolute atomic E-state index is 8.85. The summed E-state index contributed by atoms with van der Waals surface area (Å²) in [6.45, 7) is 1.99. The molecule has 0 aliphatic carbocycles. The van der Waals surface area contributed by atoms with Crippen LogP contribution in [0.3, 0.4) is 0 Å². The van der Waals surface area contributed by atoms with Gasteiger partial charge in [-0.25, -0.2) is 0 Å². The molecule has 0 saturated heterocycles. The van der Waals surface area contributed by atoms with Crippen LogP contribution in [0, 0.1) is 18.3 Å². The Morgan fingerprint density at radius 3 is 2.92 bits per heavy atom. The zero-order valence-electron chi connectivity index (χ0n) is 7.57. The number of benzene rings is 1. The number of aromatic nitrogens is 2. The van der Waals surface area contributed by atoms with Gasteiger partial charge in [0.1, 0.15) is 6.07 Å². The molecule has 0 aliphatic heterocycles. The van der Waals surface area contributed by atoms with Crippen molar-refractivity contribution in [2.45, 2.75) is 6.92 Å². The molecule has 0 unspecified atom stereocenters. The van der Waals surface area contributed by atoms with Gasteiger partial charge in [0.05, 0.1) is 5.52 Å². The SMILES string of the molecule is Cc1cccc2c1c(C#N)nn2C. The Bertz CT molecular complexity index is 503.